The number of fused-ring (bicyclic) bond motifs is 1. The lowest BCUT2D eigenvalue weighted by Crippen LogP contribution is -2.39. The second-order valence-electron chi connectivity index (χ2n) is 8.06. The Balaban J connectivity index is 1.68. The van der Waals surface area contributed by atoms with Gasteiger partial charge in [-0.3, -0.25) is 14.2 Å². The molecule has 1 aliphatic rings. The van der Waals surface area contributed by atoms with Crippen LogP contribution < -0.4 is 14.9 Å². The van der Waals surface area contributed by atoms with Crippen molar-refractivity contribution in [1.29, 1.82) is 0 Å². The molecule has 5 rings (SSSR count). The molecule has 176 valence electrons. The first-order valence-electron chi connectivity index (χ1n) is 10.6. The number of rotatable bonds is 4. The van der Waals surface area contributed by atoms with E-state index in [1.54, 1.807) is 67.6 Å². The van der Waals surface area contributed by atoms with Gasteiger partial charge in [0.1, 0.15) is 23.3 Å². The van der Waals surface area contributed by atoms with Crippen LogP contribution in [-0.2, 0) is 4.79 Å². The highest BCUT2D eigenvalue weighted by Gasteiger charge is 2.33. The summed E-state index contributed by atoms with van der Waals surface area (Å²) in [4.78, 5) is 31.2. The van der Waals surface area contributed by atoms with Crippen molar-refractivity contribution in [1.82, 2.24) is 4.57 Å². The quantitative estimate of drug-likeness (QED) is 0.402. The number of phenols is 1. The Morgan fingerprint density at radius 1 is 1.11 bits per heavy atom. The summed E-state index contributed by atoms with van der Waals surface area (Å²) in [6.07, 6.45) is 1.73. The smallest absolute Gasteiger partial charge is 0.271 e. The summed E-state index contributed by atoms with van der Waals surface area (Å²) in [5.41, 5.74) is 2.11. The molecule has 6 nitrogen and oxygen atoms in total. The van der Waals surface area contributed by atoms with Gasteiger partial charge in [0.25, 0.3) is 5.56 Å². The van der Waals surface area contributed by atoms with Crippen LogP contribution >= 0.6 is 34.5 Å². The van der Waals surface area contributed by atoms with E-state index in [2.05, 4.69) is 4.99 Å². The average Bonchev–Trinajstić information content (AvgIpc) is 3.41. The Morgan fingerprint density at radius 3 is 2.54 bits per heavy atom. The molecule has 1 atom stereocenters. The molecule has 1 aliphatic heterocycles. The third-order valence-corrected chi connectivity index (χ3v) is 7.41. The average molecular weight is 525 g/mol. The Bertz CT molecular complexity index is 1690. The molecule has 0 radical (unpaired) electrons. The highest BCUT2D eigenvalue weighted by Crippen LogP contribution is 2.35. The number of benzene rings is 2. The minimum Gasteiger partial charge on any atom is -0.508 e. The third kappa shape index (κ3) is 4.27. The topological polar surface area (TPSA) is 84.8 Å². The number of carbonyl (C=O) groups excluding carboxylic acids is 1. The minimum atomic E-state index is -0.762. The lowest BCUT2D eigenvalue weighted by atomic mass is 9.98. The van der Waals surface area contributed by atoms with Crippen molar-refractivity contribution in [2.75, 3.05) is 0 Å². The number of furan rings is 1. The molecule has 1 N–H and O–H groups in total. The van der Waals surface area contributed by atoms with E-state index in [4.69, 9.17) is 27.6 Å². The van der Waals surface area contributed by atoms with E-state index in [1.165, 1.54) is 22.8 Å². The molecule has 4 aromatic rings. The van der Waals surface area contributed by atoms with Crippen LogP contribution in [0.3, 0.4) is 0 Å². The molecular formula is C26H18Cl2N2O4S. The molecule has 0 unspecified atom stereocenters. The van der Waals surface area contributed by atoms with Gasteiger partial charge in [0.15, 0.2) is 10.6 Å². The number of allylic oxidation sites excluding steroid dienone is 2. The van der Waals surface area contributed by atoms with Gasteiger partial charge in [-0.05, 0) is 68.0 Å². The van der Waals surface area contributed by atoms with Crippen molar-refractivity contribution in [3.63, 3.8) is 0 Å². The number of aromatic nitrogens is 1. The highest BCUT2D eigenvalue weighted by molar-refractivity contribution is 7.07. The van der Waals surface area contributed by atoms with Gasteiger partial charge < -0.3 is 9.52 Å². The molecular weight excluding hydrogens is 507 g/mol. The summed E-state index contributed by atoms with van der Waals surface area (Å²) in [5.74, 6) is 0.905. The van der Waals surface area contributed by atoms with Crippen molar-refractivity contribution in [2.45, 2.75) is 19.9 Å². The van der Waals surface area contributed by atoms with E-state index in [1.807, 2.05) is 0 Å². The maximum absolute atomic E-state index is 13.5. The van der Waals surface area contributed by atoms with E-state index in [0.29, 0.717) is 42.2 Å². The zero-order chi connectivity index (χ0) is 24.9. The standard InChI is InChI=1S/C26H18Cl2N2O4S/c1-13-23(14(2)31)24(21-10-9-20(34-21)16-5-8-18(27)19(28)12-16)30-25(33)22(35-26(30)29-13)11-15-3-6-17(32)7-4-15/h3-12,24,32H,1-2H3/b22-11+/t24-/m0/s1. The summed E-state index contributed by atoms with van der Waals surface area (Å²) in [6, 6.07) is 14.5. The maximum Gasteiger partial charge on any atom is 0.271 e. The zero-order valence-electron chi connectivity index (χ0n) is 18.6. The Labute approximate surface area is 213 Å². The van der Waals surface area contributed by atoms with Crippen molar-refractivity contribution in [3.8, 4) is 17.1 Å². The van der Waals surface area contributed by atoms with E-state index < -0.39 is 6.04 Å². The fourth-order valence-electron chi connectivity index (χ4n) is 4.07. The summed E-state index contributed by atoms with van der Waals surface area (Å²) in [6.45, 7) is 3.21. The molecule has 0 spiro atoms. The van der Waals surface area contributed by atoms with Crippen LogP contribution in [0.25, 0.3) is 17.4 Å². The number of hydrogen-bond donors (Lipinski definition) is 1. The number of thiazole rings is 1. The zero-order valence-corrected chi connectivity index (χ0v) is 20.9. The predicted octanol–water partition coefficient (Wildman–Crippen LogP) is 5.10. The van der Waals surface area contributed by atoms with Gasteiger partial charge in [-0.15, -0.1) is 0 Å². The van der Waals surface area contributed by atoms with E-state index in [-0.39, 0.29) is 17.1 Å². The molecule has 2 aromatic heterocycles. The van der Waals surface area contributed by atoms with Crippen LogP contribution in [0, 0.1) is 0 Å². The maximum atomic E-state index is 13.5. The first-order chi connectivity index (χ1) is 16.7. The van der Waals surface area contributed by atoms with E-state index in [9.17, 15) is 14.7 Å². The highest BCUT2D eigenvalue weighted by atomic mass is 35.5. The molecule has 0 saturated heterocycles. The molecule has 35 heavy (non-hydrogen) atoms. The van der Waals surface area contributed by atoms with Crippen LogP contribution in [0.5, 0.6) is 5.75 Å². The largest absolute Gasteiger partial charge is 0.508 e. The molecule has 0 aliphatic carbocycles. The van der Waals surface area contributed by atoms with Crippen LogP contribution in [0.15, 0.2) is 80.1 Å². The number of hydrogen-bond acceptors (Lipinski definition) is 6. The predicted molar refractivity (Wildman–Crippen MR) is 137 cm³/mol. The Hall–Kier alpha value is -3.39. The molecule has 3 heterocycles. The van der Waals surface area contributed by atoms with Crippen molar-refractivity contribution < 1.29 is 14.3 Å². The first kappa shape index (κ1) is 23.4. The number of phenolic OH excluding ortho intramolecular Hbond substituents is 1. The van der Waals surface area contributed by atoms with Crippen LogP contribution in [-0.4, -0.2) is 15.5 Å². The van der Waals surface area contributed by atoms with Crippen molar-refractivity contribution in [2.24, 2.45) is 4.99 Å². The van der Waals surface area contributed by atoms with Crippen molar-refractivity contribution >= 4 is 46.4 Å². The number of aromatic hydroxyl groups is 1. The number of halogens is 2. The van der Waals surface area contributed by atoms with Gasteiger partial charge in [-0.25, -0.2) is 4.99 Å². The van der Waals surface area contributed by atoms with E-state index in [0.717, 1.165) is 11.1 Å². The molecule has 2 aromatic carbocycles. The number of carbonyl (C=O) groups is 1. The second kappa shape index (κ2) is 9.00. The van der Waals surface area contributed by atoms with Crippen molar-refractivity contribution in [3.05, 3.63) is 107 Å². The molecule has 9 heteroatoms. The van der Waals surface area contributed by atoms with Crippen LogP contribution in [0.1, 0.15) is 31.2 Å². The Kier molecular flexibility index (Phi) is 6.01. The van der Waals surface area contributed by atoms with Crippen LogP contribution in [0.4, 0.5) is 0 Å². The normalized spacial score (nSPS) is 15.8. The molecule has 0 amide bonds. The van der Waals surface area contributed by atoms with Gasteiger partial charge in [0.2, 0.25) is 0 Å². The second-order valence-corrected chi connectivity index (χ2v) is 9.88. The number of nitrogens with zero attached hydrogens (tertiary/aromatic N) is 2. The fourth-order valence-corrected chi connectivity index (χ4v) is 5.41. The fraction of sp³-hybridized carbons (Fsp3) is 0.115. The summed E-state index contributed by atoms with van der Waals surface area (Å²) < 4.78 is 8.11. The van der Waals surface area contributed by atoms with Gasteiger partial charge >= 0.3 is 0 Å². The first-order valence-corrected chi connectivity index (χ1v) is 12.2. The molecule has 0 saturated carbocycles. The molecule has 0 fully saturated rings. The monoisotopic (exact) mass is 524 g/mol. The summed E-state index contributed by atoms with van der Waals surface area (Å²) >= 11 is 13.4. The van der Waals surface area contributed by atoms with Gasteiger partial charge in [0, 0.05) is 16.8 Å². The molecule has 0 bridgehead atoms. The van der Waals surface area contributed by atoms with Crippen LogP contribution in [0.2, 0.25) is 10.0 Å². The lowest BCUT2D eigenvalue weighted by Gasteiger charge is -2.22. The number of ketones is 1. The minimum absolute atomic E-state index is 0.140. The SMILES string of the molecule is CC(=O)C1=C(C)N=c2s/c(=C/c3ccc(O)cc3)c(=O)n2[C@H]1c1ccc(-c2ccc(Cl)c(Cl)c2)o1. The number of Topliss-reactive ketones (excluding diaryl/α,β-unsaturated/α-hetero) is 1. The lowest BCUT2D eigenvalue weighted by molar-refractivity contribution is -0.114. The van der Waals surface area contributed by atoms with E-state index >= 15 is 0 Å². The summed E-state index contributed by atoms with van der Waals surface area (Å²) in [7, 11) is 0. The van der Waals surface area contributed by atoms with Gasteiger partial charge in [-0.1, -0.05) is 46.7 Å². The third-order valence-electron chi connectivity index (χ3n) is 5.69. The summed E-state index contributed by atoms with van der Waals surface area (Å²) in [5, 5.41) is 10.4. The van der Waals surface area contributed by atoms with Gasteiger partial charge in [0.05, 0.1) is 14.6 Å². The Morgan fingerprint density at radius 2 is 1.86 bits per heavy atom. The van der Waals surface area contributed by atoms with Gasteiger partial charge in [-0.2, -0.15) is 0 Å².